The molecule has 0 spiro atoms. The van der Waals surface area contributed by atoms with Crippen LogP contribution in [0.3, 0.4) is 0 Å². The van der Waals surface area contributed by atoms with Gasteiger partial charge in [-0.3, -0.25) is 9.48 Å². The van der Waals surface area contributed by atoms with E-state index in [1.54, 1.807) is 0 Å². The molecule has 1 aromatic heterocycles. The van der Waals surface area contributed by atoms with Gasteiger partial charge in [0.25, 0.3) is 0 Å². The number of rotatable bonds is 8. The van der Waals surface area contributed by atoms with Crippen molar-refractivity contribution in [3.05, 3.63) is 41.2 Å². The third kappa shape index (κ3) is 5.42. The first-order valence-electron chi connectivity index (χ1n) is 11.3. The first kappa shape index (κ1) is 22.3. The number of nitrogens with one attached hydrogen (secondary N) is 1. The number of aryl methyl sites for hydroxylation is 1. The van der Waals surface area contributed by atoms with Gasteiger partial charge in [0.05, 0.1) is 17.1 Å². The van der Waals surface area contributed by atoms with Gasteiger partial charge in [0.2, 0.25) is 5.91 Å². The van der Waals surface area contributed by atoms with Crippen LogP contribution < -0.4 is 10.2 Å². The number of hydrogen-bond acceptors (Lipinski definition) is 4. The van der Waals surface area contributed by atoms with Gasteiger partial charge in [0, 0.05) is 44.8 Å². The molecular formula is C24H37N5O. The molecule has 0 atom stereocenters. The number of amides is 1. The number of carbonyl (C=O) groups is 1. The standard InChI is InChI=1S/C24H37N5O/c1-6-27-13-15-28(16-14-27)23-10-8-7-9-22(23)25-24(30)12-11-21-19(4)26-29(20(21)5)17-18(2)3/h7-10,18H,6,11-17H2,1-5H3,(H,25,30). The largest absolute Gasteiger partial charge is 0.367 e. The van der Waals surface area contributed by atoms with E-state index >= 15 is 0 Å². The monoisotopic (exact) mass is 411 g/mol. The van der Waals surface area contributed by atoms with E-state index in [4.69, 9.17) is 0 Å². The molecule has 1 aliphatic heterocycles. The molecule has 1 saturated heterocycles. The number of aromatic nitrogens is 2. The molecule has 6 heteroatoms. The van der Waals surface area contributed by atoms with Crippen molar-refractivity contribution in [1.29, 1.82) is 0 Å². The molecule has 0 bridgehead atoms. The first-order valence-corrected chi connectivity index (χ1v) is 11.3. The molecule has 164 valence electrons. The minimum atomic E-state index is 0.0602. The van der Waals surface area contributed by atoms with Gasteiger partial charge in [0.15, 0.2) is 0 Å². The molecule has 1 amide bonds. The van der Waals surface area contributed by atoms with Gasteiger partial charge in [0.1, 0.15) is 0 Å². The number of likely N-dealkylation sites (N-methyl/N-ethyl adjacent to an activating group) is 1. The Kier molecular flexibility index (Phi) is 7.53. The molecular weight excluding hydrogens is 374 g/mol. The summed E-state index contributed by atoms with van der Waals surface area (Å²) in [6.07, 6.45) is 1.19. The lowest BCUT2D eigenvalue weighted by molar-refractivity contribution is -0.116. The van der Waals surface area contributed by atoms with Crippen LogP contribution in [0.5, 0.6) is 0 Å². The highest BCUT2D eigenvalue weighted by atomic mass is 16.1. The molecule has 1 fully saturated rings. The summed E-state index contributed by atoms with van der Waals surface area (Å²) in [5.41, 5.74) is 5.46. The second kappa shape index (κ2) is 10.1. The quantitative estimate of drug-likeness (QED) is 0.716. The average molecular weight is 412 g/mol. The number of piperazine rings is 1. The van der Waals surface area contributed by atoms with E-state index in [1.807, 2.05) is 25.1 Å². The molecule has 6 nitrogen and oxygen atoms in total. The van der Waals surface area contributed by atoms with E-state index in [1.165, 1.54) is 11.3 Å². The topological polar surface area (TPSA) is 53.4 Å². The number of benzene rings is 1. The zero-order valence-corrected chi connectivity index (χ0v) is 19.2. The van der Waals surface area contributed by atoms with Gasteiger partial charge >= 0.3 is 0 Å². The summed E-state index contributed by atoms with van der Waals surface area (Å²) >= 11 is 0. The SMILES string of the molecule is CCN1CCN(c2ccccc2NC(=O)CCc2c(C)nn(CC(C)C)c2C)CC1. The van der Waals surface area contributed by atoms with Gasteiger partial charge in [-0.25, -0.2) is 0 Å². The predicted molar refractivity (Wildman–Crippen MR) is 124 cm³/mol. The van der Waals surface area contributed by atoms with E-state index in [0.29, 0.717) is 12.3 Å². The highest BCUT2D eigenvalue weighted by molar-refractivity contribution is 5.94. The second-order valence-corrected chi connectivity index (χ2v) is 8.71. The molecule has 0 aliphatic carbocycles. The minimum absolute atomic E-state index is 0.0602. The Morgan fingerprint density at radius 2 is 1.83 bits per heavy atom. The van der Waals surface area contributed by atoms with Crippen molar-refractivity contribution in [1.82, 2.24) is 14.7 Å². The summed E-state index contributed by atoms with van der Waals surface area (Å²) in [5.74, 6) is 0.611. The van der Waals surface area contributed by atoms with Crippen molar-refractivity contribution >= 4 is 17.3 Å². The van der Waals surface area contributed by atoms with Crippen LogP contribution in [0.2, 0.25) is 0 Å². The van der Waals surface area contributed by atoms with Crippen molar-refractivity contribution in [3.63, 3.8) is 0 Å². The van der Waals surface area contributed by atoms with Crippen molar-refractivity contribution < 1.29 is 4.79 Å². The van der Waals surface area contributed by atoms with Crippen molar-refractivity contribution in [2.75, 3.05) is 42.9 Å². The Balaban J connectivity index is 1.62. The van der Waals surface area contributed by atoms with E-state index in [9.17, 15) is 4.79 Å². The summed E-state index contributed by atoms with van der Waals surface area (Å²) in [6, 6.07) is 8.16. The fourth-order valence-electron chi connectivity index (χ4n) is 4.23. The van der Waals surface area contributed by atoms with Crippen LogP contribution in [0, 0.1) is 19.8 Å². The molecule has 1 aromatic carbocycles. The zero-order chi connectivity index (χ0) is 21.7. The summed E-state index contributed by atoms with van der Waals surface area (Å²) in [6.45, 7) is 16.9. The van der Waals surface area contributed by atoms with E-state index in [2.05, 4.69) is 58.7 Å². The third-order valence-electron chi connectivity index (χ3n) is 6.01. The highest BCUT2D eigenvalue weighted by Crippen LogP contribution is 2.27. The van der Waals surface area contributed by atoms with Crippen molar-refractivity contribution in [3.8, 4) is 0 Å². The zero-order valence-electron chi connectivity index (χ0n) is 19.2. The molecule has 0 radical (unpaired) electrons. The third-order valence-corrected chi connectivity index (χ3v) is 6.01. The van der Waals surface area contributed by atoms with Crippen molar-refractivity contribution in [2.45, 2.75) is 54.0 Å². The Labute approximate surface area is 181 Å². The molecule has 1 aliphatic rings. The van der Waals surface area contributed by atoms with Crippen LogP contribution in [-0.2, 0) is 17.8 Å². The lowest BCUT2D eigenvalue weighted by atomic mass is 10.1. The summed E-state index contributed by atoms with van der Waals surface area (Å²) in [5, 5.41) is 7.83. The number of hydrogen-bond donors (Lipinski definition) is 1. The molecule has 2 heterocycles. The van der Waals surface area contributed by atoms with Crippen LogP contribution in [0.15, 0.2) is 24.3 Å². The van der Waals surface area contributed by atoms with Gasteiger partial charge in [-0.2, -0.15) is 5.10 Å². The normalized spacial score (nSPS) is 15.1. The van der Waals surface area contributed by atoms with E-state index in [0.717, 1.165) is 62.8 Å². The number of carbonyl (C=O) groups excluding carboxylic acids is 1. The number of para-hydroxylation sites is 2. The minimum Gasteiger partial charge on any atom is -0.367 e. The maximum absolute atomic E-state index is 12.8. The van der Waals surface area contributed by atoms with E-state index in [-0.39, 0.29) is 5.91 Å². The van der Waals surface area contributed by atoms with Crippen LogP contribution in [0.1, 0.15) is 44.1 Å². The molecule has 1 N–H and O–H groups in total. The molecule has 3 rings (SSSR count). The van der Waals surface area contributed by atoms with E-state index < -0.39 is 0 Å². The van der Waals surface area contributed by atoms with Crippen LogP contribution in [0.25, 0.3) is 0 Å². The average Bonchev–Trinajstić information content (AvgIpc) is 2.99. The van der Waals surface area contributed by atoms with Crippen LogP contribution in [-0.4, -0.2) is 53.3 Å². The second-order valence-electron chi connectivity index (χ2n) is 8.71. The first-order chi connectivity index (χ1) is 14.4. The summed E-state index contributed by atoms with van der Waals surface area (Å²) in [7, 11) is 0. The van der Waals surface area contributed by atoms with Gasteiger partial charge < -0.3 is 15.1 Å². The maximum atomic E-state index is 12.8. The molecule has 0 unspecified atom stereocenters. The lowest BCUT2D eigenvalue weighted by Gasteiger charge is -2.36. The fourth-order valence-corrected chi connectivity index (χ4v) is 4.23. The van der Waals surface area contributed by atoms with Crippen LogP contribution in [0.4, 0.5) is 11.4 Å². The number of anilines is 2. The Hall–Kier alpha value is -2.34. The smallest absolute Gasteiger partial charge is 0.224 e. The Morgan fingerprint density at radius 1 is 1.13 bits per heavy atom. The Bertz CT molecular complexity index is 849. The molecule has 30 heavy (non-hydrogen) atoms. The van der Waals surface area contributed by atoms with Gasteiger partial charge in [-0.1, -0.05) is 32.9 Å². The lowest BCUT2D eigenvalue weighted by Crippen LogP contribution is -2.46. The summed E-state index contributed by atoms with van der Waals surface area (Å²) < 4.78 is 2.08. The van der Waals surface area contributed by atoms with Crippen LogP contribution >= 0.6 is 0 Å². The molecule has 0 saturated carbocycles. The summed E-state index contributed by atoms with van der Waals surface area (Å²) in [4.78, 5) is 17.6. The van der Waals surface area contributed by atoms with Gasteiger partial charge in [-0.05, 0) is 50.4 Å². The maximum Gasteiger partial charge on any atom is 0.224 e. The number of nitrogens with zero attached hydrogens (tertiary/aromatic N) is 4. The fraction of sp³-hybridized carbons (Fsp3) is 0.583. The van der Waals surface area contributed by atoms with Crippen molar-refractivity contribution in [2.24, 2.45) is 5.92 Å². The van der Waals surface area contributed by atoms with Gasteiger partial charge in [-0.15, -0.1) is 0 Å². The predicted octanol–water partition coefficient (Wildman–Crippen LogP) is 3.87. The highest BCUT2D eigenvalue weighted by Gasteiger charge is 2.19. The Morgan fingerprint density at radius 3 is 2.50 bits per heavy atom. The molecule has 2 aromatic rings.